The zero-order valence-electron chi connectivity index (χ0n) is 11.7. The van der Waals surface area contributed by atoms with Crippen molar-refractivity contribution in [1.82, 2.24) is 10.2 Å². The standard InChI is InChI=1S/C13H25N3O2S/c1-2-15-13(12(14)17)5-3-4-11(10-13)16-6-8-19(18)9-7-16/h11,15H,2-10H2,1H3,(H2,14,17). The Morgan fingerprint density at radius 3 is 2.74 bits per heavy atom. The van der Waals surface area contributed by atoms with Gasteiger partial charge >= 0.3 is 0 Å². The van der Waals surface area contributed by atoms with Crippen LogP contribution in [-0.4, -0.2) is 57.7 Å². The first-order chi connectivity index (χ1) is 9.07. The molecule has 2 unspecified atom stereocenters. The van der Waals surface area contributed by atoms with Gasteiger partial charge in [0.1, 0.15) is 0 Å². The Labute approximate surface area is 117 Å². The largest absolute Gasteiger partial charge is 0.368 e. The molecule has 0 aromatic carbocycles. The summed E-state index contributed by atoms with van der Waals surface area (Å²) < 4.78 is 11.4. The lowest BCUT2D eigenvalue weighted by Crippen LogP contribution is -2.61. The number of rotatable bonds is 4. The molecule has 0 radical (unpaired) electrons. The van der Waals surface area contributed by atoms with Crippen LogP contribution in [0.2, 0.25) is 0 Å². The van der Waals surface area contributed by atoms with Crippen LogP contribution in [0.4, 0.5) is 0 Å². The summed E-state index contributed by atoms with van der Waals surface area (Å²) in [6.45, 7) is 4.55. The van der Waals surface area contributed by atoms with Gasteiger partial charge in [0.15, 0.2) is 0 Å². The molecule has 1 amide bonds. The molecule has 2 aliphatic rings. The summed E-state index contributed by atoms with van der Waals surface area (Å²) in [5, 5.41) is 3.31. The van der Waals surface area contributed by atoms with Crippen molar-refractivity contribution >= 4 is 16.7 Å². The fraction of sp³-hybridized carbons (Fsp3) is 0.923. The molecule has 2 atom stereocenters. The van der Waals surface area contributed by atoms with Crippen molar-refractivity contribution in [2.24, 2.45) is 5.73 Å². The average molecular weight is 287 g/mol. The number of hydrogen-bond acceptors (Lipinski definition) is 4. The molecule has 3 N–H and O–H groups in total. The number of amides is 1. The molecule has 2 fully saturated rings. The molecular weight excluding hydrogens is 262 g/mol. The summed E-state index contributed by atoms with van der Waals surface area (Å²) in [4.78, 5) is 14.2. The maximum absolute atomic E-state index is 11.8. The number of primary amides is 1. The zero-order valence-corrected chi connectivity index (χ0v) is 12.5. The third-order valence-electron chi connectivity index (χ3n) is 4.44. The van der Waals surface area contributed by atoms with E-state index in [-0.39, 0.29) is 5.91 Å². The van der Waals surface area contributed by atoms with Gasteiger partial charge in [-0.1, -0.05) is 6.92 Å². The van der Waals surface area contributed by atoms with Gasteiger partial charge in [0.2, 0.25) is 5.91 Å². The lowest BCUT2D eigenvalue weighted by Gasteiger charge is -2.44. The third kappa shape index (κ3) is 3.35. The first-order valence-electron chi connectivity index (χ1n) is 7.21. The molecule has 0 aromatic rings. The Morgan fingerprint density at radius 2 is 2.16 bits per heavy atom. The quantitative estimate of drug-likeness (QED) is 0.752. The van der Waals surface area contributed by atoms with E-state index in [1.54, 1.807) is 0 Å². The molecule has 1 heterocycles. The van der Waals surface area contributed by atoms with Gasteiger partial charge in [-0.3, -0.25) is 13.9 Å². The van der Waals surface area contributed by atoms with Crippen LogP contribution in [-0.2, 0) is 15.6 Å². The lowest BCUT2D eigenvalue weighted by atomic mass is 9.77. The smallest absolute Gasteiger partial charge is 0.237 e. The van der Waals surface area contributed by atoms with Crippen LogP contribution in [0.3, 0.4) is 0 Å². The van der Waals surface area contributed by atoms with Crippen molar-refractivity contribution in [3.63, 3.8) is 0 Å². The van der Waals surface area contributed by atoms with Gasteiger partial charge in [-0.2, -0.15) is 0 Å². The molecule has 1 saturated heterocycles. The molecule has 5 nitrogen and oxygen atoms in total. The number of nitrogens with one attached hydrogen (secondary N) is 1. The maximum Gasteiger partial charge on any atom is 0.237 e. The van der Waals surface area contributed by atoms with Gasteiger partial charge in [0, 0.05) is 41.4 Å². The average Bonchev–Trinajstić information content (AvgIpc) is 2.40. The molecule has 6 heteroatoms. The van der Waals surface area contributed by atoms with Crippen molar-refractivity contribution in [2.75, 3.05) is 31.1 Å². The summed E-state index contributed by atoms with van der Waals surface area (Å²) in [7, 11) is -0.646. The van der Waals surface area contributed by atoms with Crippen molar-refractivity contribution < 1.29 is 9.00 Å². The molecule has 110 valence electrons. The Balaban J connectivity index is 2.03. The topological polar surface area (TPSA) is 75.4 Å². The van der Waals surface area contributed by atoms with Crippen molar-refractivity contribution in [3.05, 3.63) is 0 Å². The molecule has 19 heavy (non-hydrogen) atoms. The molecule has 2 rings (SSSR count). The van der Waals surface area contributed by atoms with Gasteiger partial charge in [0.05, 0.1) is 5.54 Å². The van der Waals surface area contributed by atoms with Gasteiger partial charge in [-0.25, -0.2) is 0 Å². The number of carbonyl (C=O) groups excluding carboxylic acids is 1. The van der Waals surface area contributed by atoms with Crippen molar-refractivity contribution in [1.29, 1.82) is 0 Å². The number of nitrogens with zero attached hydrogens (tertiary/aromatic N) is 1. The van der Waals surface area contributed by atoms with Crippen LogP contribution in [0.1, 0.15) is 32.6 Å². The Bertz CT molecular complexity index is 350. The minimum absolute atomic E-state index is 0.223. The minimum Gasteiger partial charge on any atom is -0.368 e. The van der Waals surface area contributed by atoms with Crippen molar-refractivity contribution in [3.8, 4) is 0 Å². The molecule has 1 aliphatic carbocycles. The first-order valence-corrected chi connectivity index (χ1v) is 8.70. The molecular formula is C13H25N3O2S. The predicted molar refractivity (Wildman–Crippen MR) is 77.3 cm³/mol. The Morgan fingerprint density at radius 1 is 1.47 bits per heavy atom. The second-order valence-corrected chi connectivity index (χ2v) is 7.31. The van der Waals surface area contributed by atoms with Crippen LogP contribution in [0.15, 0.2) is 0 Å². The van der Waals surface area contributed by atoms with Crippen LogP contribution in [0, 0.1) is 0 Å². The number of likely N-dealkylation sites (N-methyl/N-ethyl adjacent to an activating group) is 1. The van der Waals surface area contributed by atoms with Gasteiger partial charge in [0.25, 0.3) is 0 Å². The van der Waals surface area contributed by atoms with E-state index in [2.05, 4.69) is 10.2 Å². The van der Waals surface area contributed by atoms with E-state index >= 15 is 0 Å². The minimum atomic E-state index is -0.646. The highest BCUT2D eigenvalue weighted by Gasteiger charge is 2.42. The highest BCUT2D eigenvalue weighted by Crippen LogP contribution is 2.31. The Kier molecular flexibility index (Phi) is 4.97. The normalized spacial score (nSPS) is 34.3. The third-order valence-corrected chi connectivity index (χ3v) is 5.72. The van der Waals surface area contributed by atoms with Crippen molar-refractivity contribution in [2.45, 2.75) is 44.2 Å². The zero-order chi connectivity index (χ0) is 13.9. The molecule has 1 aliphatic heterocycles. The second-order valence-electron chi connectivity index (χ2n) is 5.61. The number of carbonyl (C=O) groups is 1. The van der Waals surface area contributed by atoms with E-state index < -0.39 is 16.3 Å². The van der Waals surface area contributed by atoms with Crippen LogP contribution in [0.5, 0.6) is 0 Å². The highest BCUT2D eigenvalue weighted by molar-refractivity contribution is 7.85. The van der Waals surface area contributed by atoms with E-state index in [0.717, 1.165) is 56.8 Å². The van der Waals surface area contributed by atoms with E-state index in [9.17, 15) is 9.00 Å². The van der Waals surface area contributed by atoms with Gasteiger partial charge in [-0.05, 0) is 32.2 Å². The predicted octanol–water partition coefficient (Wildman–Crippen LogP) is -0.173. The number of nitrogens with two attached hydrogens (primary N) is 1. The Hall–Kier alpha value is -0.460. The summed E-state index contributed by atoms with van der Waals surface area (Å²) in [6, 6.07) is 0.401. The monoisotopic (exact) mass is 287 g/mol. The SMILES string of the molecule is CCNC1(C(N)=O)CCCC(N2CCS(=O)CC2)C1. The van der Waals surface area contributed by atoms with Crippen LogP contribution >= 0.6 is 0 Å². The lowest BCUT2D eigenvalue weighted by molar-refractivity contribution is -0.126. The fourth-order valence-electron chi connectivity index (χ4n) is 3.38. The maximum atomic E-state index is 11.8. The highest BCUT2D eigenvalue weighted by atomic mass is 32.2. The molecule has 0 spiro atoms. The molecule has 0 aromatic heterocycles. The van der Waals surface area contributed by atoms with E-state index in [4.69, 9.17) is 5.73 Å². The van der Waals surface area contributed by atoms with Crippen LogP contribution in [0.25, 0.3) is 0 Å². The van der Waals surface area contributed by atoms with Crippen LogP contribution < -0.4 is 11.1 Å². The summed E-state index contributed by atoms with van der Waals surface area (Å²) in [5.74, 6) is 1.31. The van der Waals surface area contributed by atoms with Gasteiger partial charge < -0.3 is 11.1 Å². The summed E-state index contributed by atoms with van der Waals surface area (Å²) in [5.41, 5.74) is 5.10. The second kappa shape index (κ2) is 6.33. The summed E-state index contributed by atoms with van der Waals surface area (Å²) in [6.07, 6.45) is 3.78. The number of hydrogen-bond donors (Lipinski definition) is 2. The van der Waals surface area contributed by atoms with E-state index in [0.29, 0.717) is 6.04 Å². The fourth-order valence-corrected chi connectivity index (χ4v) is 4.46. The summed E-state index contributed by atoms with van der Waals surface area (Å²) >= 11 is 0. The van der Waals surface area contributed by atoms with E-state index in [1.807, 2.05) is 6.92 Å². The van der Waals surface area contributed by atoms with E-state index in [1.165, 1.54) is 0 Å². The molecule has 0 bridgehead atoms. The van der Waals surface area contributed by atoms with Gasteiger partial charge in [-0.15, -0.1) is 0 Å². The first kappa shape index (κ1) is 14.9. The molecule has 1 saturated carbocycles.